The van der Waals surface area contributed by atoms with Gasteiger partial charge in [-0.2, -0.15) is 0 Å². The van der Waals surface area contributed by atoms with Gasteiger partial charge in [-0.25, -0.2) is 0 Å². The zero-order valence-electron chi connectivity index (χ0n) is 7.16. The lowest BCUT2D eigenvalue weighted by atomic mass is 9.86. The van der Waals surface area contributed by atoms with Crippen LogP contribution in [0.1, 0.15) is 20.3 Å². The summed E-state index contributed by atoms with van der Waals surface area (Å²) in [6.07, 6.45) is 1.11. The van der Waals surface area contributed by atoms with Crippen molar-refractivity contribution in [1.82, 2.24) is 0 Å². The average Bonchev–Trinajstić information content (AvgIpc) is 2.24. The van der Waals surface area contributed by atoms with E-state index in [0.29, 0.717) is 0 Å². The predicted molar refractivity (Wildman–Crippen MR) is 40.1 cm³/mol. The van der Waals surface area contributed by atoms with Gasteiger partial charge in [-0.1, -0.05) is 13.8 Å². The summed E-state index contributed by atoms with van der Waals surface area (Å²) in [6.45, 7) is 4.01. The van der Waals surface area contributed by atoms with Gasteiger partial charge >= 0.3 is 0 Å². The van der Waals surface area contributed by atoms with E-state index in [1.807, 2.05) is 13.8 Å². The van der Waals surface area contributed by atoms with Crippen LogP contribution in [0.15, 0.2) is 0 Å². The van der Waals surface area contributed by atoms with Crippen LogP contribution in [-0.2, 0) is 14.3 Å². The summed E-state index contributed by atoms with van der Waals surface area (Å²) in [5.41, 5.74) is -0.0809. The fourth-order valence-electron chi connectivity index (χ4n) is 1.30. The second kappa shape index (κ2) is 2.91. The first-order chi connectivity index (χ1) is 5.10. The smallest absolute Gasteiger partial charge is 0.158 e. The minimum absolute atomic E-state index is 0.0809. The van der Waals surface area contributed by atoms with Crippen molar-refractivity contribution in [2.75, 3.05) is 7.11 Å². The molecule has 3 nitrogen and oxygen atoms in total. The van der Waals surface area contributed by atoms with E-state index in [0.717, 1.165) is 12.7 Å². The molecule has 2 atom stereocenters. The lowest BCUT2D eigenvalue weighted by Crippen LogP contribution is -2.25. The maximum Gasteiger partial charge on any atom is 0.158 e. The number of ether oxygens (including phenoxy) is 2. The molecule has 1 rings (SSSR count). The van der Waals surface area contributed by atoms with Gasteiger partial charge in [0.15, 0.2) is 6.29 Å². The summed E-state index contributed by atoms with van der Waals surface area (Å²) < 4.78 is 10.3. The monoisotopic (exact) mass is 158 g/mol. The van der Waals surface area contributed by atoms with E-state index >= 15 is 0 Å². The quantitative estimate of drug-likeness (QED) is 0.562. The van der Waals surface area contributed by atoms with E-state index < -0.39 is 0 Å². The third kappa shape index (κ3) is 1.60. The molecule has 0 aromatic rings. The van der Waals surface area contributed by atoms with Gasteiger partial charge in [0.05, 0.1) is 0 Å². The number of aldehydes is 1. The molecular formula is C8H14O3. The second-order valence-corrected chi connectivity index (χ2v) is 3.55. The first-order valence-corrected chi connectivity index (χ1v) is 3.73. The fraction of sp³-hybridized carbons (Fsp3) is 0.875. The Labute approximate surface area is 66.7 Å². The highest BCUT2D eigenvalue weighted by molar-refractivity contribution is 5.58. The molecule has 1 saturated heterocycles. The Hall–Kier alpha value is -0.410. The Morgan fingerprint density at radius 2 is 2.27 bits per heavy atom. The third-order valence-electron chi connectivity index (χ3n) is 2.15. The van der Waals surface area contributed by atoms with E-state index in [9.17, 15) is 4.79 Å². The van der Waals surface area contributed by atoms with E-state index in [1.165, 1.54) is 0 Å². The van der Waals surface area contributed by atoms with Crippen molar-refractivity contribution in [2.45, 2.75) is 32.7 Å². The zero-order chi connectivity index (χ0) is 8.48. The molecule has 11 heavy (non-hydrogen) atoms. The Morgan fingerprint density at radius 1 is 1.64 bits per heavy atom. The Morgan fingerprint density at radius 3 is 2.55 bits per heavy atom. The maximum absolute atomic E-state index is 10.5. The van der Waals surface area contributed by atoms with Crippen molar-refractivity contribution in [1.29, 1.82) is 0 Å². The van der Waals surface area contributed by atoms with Crippen LogP contribution in [0.25, 0.3) is 0 Å². The molecule has 1 aliphatic rings. The number of carbonyl (C=O) groups is 1. The van der Waals surface area contributed by atoms with Gasteiger partial charge in [-0.15, -0.1) is 0 Å². The summed E-state index contributed by atoms with van der Waals surface area (Å²) in [7, 11) is 1.59. The minimum Gasteiger partial charge on any atom is -0.356 e. The first-order valence-electron chi connectivity index (χ1n) is 3.73. The van der Waals surface area contributed by atoms with Crippen LogP contribution in [0.4, 0.5) is 0 Å². The molecule has 0 N–H and O–H groups in total. The van der Waals surface area contributed by atoms with Gasteiger partial charge in [0.1, 0.15) is 12.4 Å². The normalized spacial score (nSPS) is 35.5. The third-order valence-corrected chi connectivity index (χ3v) is 2.15. The zero-order valence-corrected chi connectivity index (χ0v) is 7.16. The molecule has 0 radical (unpaired) electrons. The van der Waals surface area contributed by atoms with Crippen molar-refractivity contribution in [3.63, 3.8) is 0 Å². The van der Waals surface area contributed by atoms with Gasteiger partial charge in [0, 0.05) is 18.9 Å². The molecule has 0 aliphatic carbocycles. The Kier molecular flexibility index (Phi) is 2.30. The van der Waals surface area contributed by atoms with E-state index in [4.69, 9.17) is 9.47 Å². The molecule has 1 heterocycles. The number of hydrogen-bond acceptors (Lipinski definition) is 3. The van der Waals surface area contributed by atoms with Gasteiger partial charge in [-0.05, 0) is 0 Å². The molecule has 0 amide bonds. The first kappa shape index (κ1) is 8.68. The van der Waals surface area contributed by atoms with Gasteiger partial charge in [0.25, 0.3) is 0 Å². The largest absolute Gasteiger partial charge is 0.356 e. The van der Waals surface area contributed by atoms with Gasteiger partial charge < -0.3 is 14.3 Å². The SMILES string of the molecule is CO[C@H]1CC(C)(C)[C@H](C=O)O1. The molecule has 64 valence electrons. The Balaban J connectivity index is 2.62. The van der Waals surface area contributed by atoms with E-state index in [1.54, 1.807) is 7.11 Å². The standard InChI is InChI=1S/C8H14O3/c1-8(2)4-7(10-3)11-6(8)5-9/h5-7H,4H2,1-3H3/t6-,7+/m0/s1. The average molecular weight is 158 g/mol. The van der Waals surface area contributed by atoms with Crippen molar-refractivity contribution < 1.29 is 14.3 Å². The highest BCUT2D eigenvalue weighted by Gasteiger charge is 2.41. The molecule has 1 aliphatic heterocycles. The molecule has 0 aromatic carbocycles. The van der Waals surface area contributed by atoms with Crippen molar-refractivity contribution in [3.8, 4) is 0 Å². The molecule has 0 unspecified atom stereocenters. The van der Waals surface area contributed by atoms with Crippen molar-refractivity contribution in [2.24, 2.45) is 5.41 Å². The van der Waals surface area contributed by atoms with Crippen LogP contribution in [0, 0.1) is 5.41 Å². The molecule has 3 heteroatoms. The summed E-state index contributed by atoms with van der Waals surface area (Å²) >= 11 is 0. The summed E-state index contributed by atoms with van der Waals surface area (Å²) in [6, 6.07) is 0. The van der Waals surface area contributed by atoms with Crippen molar-refractivity contribution >= 4 is 6.29 Å². The molecule has 0 spiro atoms. The van der Waals surface area contributed by atoms with Crippen molar-refractivity contribution in [3.05, 3.63) is 0 Å². The number of rotatable bonds is 2. The molecule has 1 fully saturated rings. The van der Waals surface area contributed by atoms with Gasteiger partial charge in [0.2, 0.25) is 0 Å². The number of hydrogen-bond donors (Lipinski definition) is 0. The van der Waals surface area contributed by atoms with Crippen LogP contribution < -0.4 is 0 Å². The number of methoxy groups -OCH3 is 1. The van der Waals surface area contributed by atoms with Crippen LogP contribution >= 0.6 is 0 Å². The minimum atomic E-state index is -0.313. The lowest BCUT2D eigenvalue weighted by molar-refractivity contribution is -0.138. The second-order valence-electron chi connectivity index (χ2n) is 3.55. The molecule has 0 aromatic heterocycles. The number of carbonyl (C=O) groups excluding carboxylic acids is 1. The fourth-order valence-corrected chi connectivity index (χ4v) is 1.30. The van der Waals surface area contributed by atoms with Crippen LogP contribution in [0.5, 0.6) is 0 Å². The highest BCUT2D eigenvalue weighted by Crippen LogP contribution is 2.36. The molecular weight excluding hydrogens is 144 g/mol. The van der Waals surface area contributed by atoms with Gasteiger partial charge in [-0.3, -0.25) is 0 Å². The maximum atomic E-state index is 10.5. The van der Waals surface area contributed by atoms with E-state index in [2.05, 4.69) is 0 Å². The van der Waals surface area contributed by atoms with Crippen LogP contribution in [-0.4, -0.2) is 25.8 Å². The summed E-state index contributed by atoms with van der Waals surface area (Å²) in [5, 5.41) is 0. The van der Waals surface area contributed by atoms with Crippen LogP contribution in [0.2, 0.25) is 0 Å². The van der Waals surface area contributed by atoms with Crippen LogP contribution in [0.3, 0.4) is 0 Å². The summed E-state index contributed by atoms with van der Waals surface area (Å²) in [5.74, 6) is 0. The summed E-state index contributed by atoms with van der Waals surface area (Å²) in [4.78, 5) is 10.5. The lowest BCUT2D eigenvalue weighted by Gasteiger charge is -2.18. The molecule has 0 saturated carbocycles. The predicted octanol–water partition coefficient (Wildman–Crippen LogP) is 0.973. The topological polar surface area (TPSA) is 35.5 Å². The highest BCUT2D eigenvalue weighted by atomic mass is 16.7. The molecule has 0 bridgehead atoms. The van der Waals surface area contributed by atoms with E-state index in [-0.39, 0.29) is 17.8 Å². The Bertz CT molecular complexity index is 153.